The minimum absolute atomic E-state index is 0.0907. The van der Waals surface area contributed by atoms with Crippen LogP contribution >= 0.6 is 0 Å². The van der Waals surface area contributed by atoms with Crippen molar-refractivity contribution in [1.29, 1.82) is 0 Å². The lowest BCUT2D eigenvalue weighted by Gasteiger charge is -2.06. The summed E-state index contributed by atoms with van der Waals surface area (Å²) in [5, 5.41) is 8.80. The SMILES string of the molecule is Cc1nc(Oc2cc(F)ccc2F)ncc1C(=O)O. The van der Waals surface area contributed by atoms with Gasteiger partial charge in [-0.15, -0.1) is 0 Å². The summed E-state index contributed by atoms with van der Waals surface area (Å²) in [6, 6.07) is 2.44. The smallest absolute Gasteiger partial charge is 0.339 e. The van der Waals surface area contributed by atoms with Crippen molar-refractivity contribution >= 4 is 5.97 Å². The molecule has 0 spiro atoms. The van der Waals surface area contributed by atoms with Crippen molar-refractivity contribution in [2.75, 3.05) is 0 Å². The summed E-state index contributed by atoms with van der Waals surface area (Å²) >= 11 is 0. The molecule has 0 atom stereocenters. The standard InChI is InChI=1S/C12H8F2N2O3/c1-6-8(11(17)18)5-15-12(16-6)19-10-4-7(13)2-3-9(10)14/h2-5H,1H3,(H,17,18). The van der Waals surface area contributed by atoms with E-state index in [1.807, 2.05) is 0 Å². The molecule has 0 aliphatic rings. The summed E-state index contributed by atoms with van der Waals surface area (Å²) in [5.41, 5.74) is 0.0707. The first-order chi connectivity index (χ1) is 8.97. The third-order valence-electron chi connectivity index (χ3n) is 2.28. The van der Waals surface area contributed by atoms with Crippen LogP contribution in [0, 0.1) is 18.6 Å². The van der Waals surface area contributed by atoms with E-state index in [2.05, 4.69) is 9.97 Å². The Morgan fingerprint density at radius 2 is 2.11 bits per heavy atom. The molecule has 1 aromatic heterocycles. The fourth-order valence-electron chi connectivity index (χ4n) is 1.36. The van der Waals surface area contributed by atoms with E-state index < -0.39 is 17.6 Å². The second kappa shape index (κ2) is 4.97. The first kappa shape index (κ1) is 12.9. The summed E-state index contributed by atoms with van der Waals surface area (Å²) < 4.78 is 31.2. The number of carboxylic acids is 1. The van der Waals surface area contributed by atoms with Crippen molar-refractivity contribution in [2.45, 2.75) is 6.92 Å². The van der Waals surface area contributed by atoms with Gasteiger partial charge in [-0.25, -0.2) is 18.6 Å². The molecule has 7 heteroatoms. The summed E-state index contributed by atoms with van der Waals surface area (Å²) in [6.07, 6.45) is 1.04. The zero-order valence-electron chi connectivity index (χ0n) is 9.72. The second-order valence-electron chi connectivity index (χ2n) is 3.63. The lowest BCUT2D eigenvalue weighted by molar-refractivity contribution is 0.0695. The van der Waals surface area contributed by atoms with Crippen molar-refractivity contribution in [3.05, 3.63) is 47.3 Å². The minimum atomic E-state index is -1.18. The molecule has 0 fully saturated rings. The highest BCUT2D eigenvalue weighted by atomic mass is 19.1. The molecular formula is C12H8F2N2O3. The highest BCUT2D eigenvalue weighted by molar-refractivity contribution is 5.88. The number of benzene rings is 1. The number of aromatic carboxylic acids is 1. The van der Waals surface area contributed by atoms with E-state index in [9.17, 15) is 13.6 Å². The van der Waals surface area contributed by atoms with Gasteiger partial charge in [0.15, 0.2) is 11.6 Å². The fraction of sp³-hybridized carbons (Fsp3) is 0.0833. The average Bonchev–Trinajstić information content (AvgIpc) is 2.33. The third-order valence-corrected chi connectivity index (χ3v) is 2.28. The van der Waals surface area contributed by atoms with Gasteiger partial charge in [-0.1, -0.05) is 0 Å². The van der Waals surface area contributed by atoms with Crippen LogP contribution < -0.4 is 4.74 Å². The third kappa shape index (κ3) is 2.82. The predicted molar refractivity (Wildman–Crippen MR) is 60.2 cm³/mol. The largest absolute Gasteiger partial charge is 0.478 e. The number of carboxylic acid groups (broad SMARTS) is 1. The van der Waals surface area contributed by atoms with Crippen LogP contribution in [0.25, 0.3) is 0 Å². The Bertz CT molecular complexity index is 647. The predicted octanol–water partition coefficient (Wildman–Crippen LogP) is 2.55. The van der Waals surface area contributed by atoms with Crippen molar-refractivity contribution in [3.8, 4) is 11.8 Å². The molecule has 0 unspecified atom stereocenters. The van der Waals surface area contributed by atoms with Crippen LogP contribution in [0.15, 0.2) is 24.4 Å². The number of hydrogen-bond acceptors (Lipinski definition) is 4. The molecule has 19 heavy (non-hydrogen) atoms. The molecule has 0 radical (unpaired) electrons. The van der Waals surface area contributed by atoms with E-state index in [0.29, 0.717) is 0 Å². The van der Waals surface area contributed by atoms with E-state index in [-0.39, 0.29) is 23.0 Å². The van der Waals surface area contributed by atoms with Gasteiger partial charge in [-0.3, -0.25) is 0 Å². The maximum absolute atomic E-state index is 13.3. The van der Waals surface area contributed by atoms with Crippen molar-refractivity contribution in [1.82, 2.24) is 9.97 Å². The monoisotopic (exact) mass is 266 g/mol. The molecule has 1 N–H and O–H groups in total. The first-order valence-corrected chi connectivity index (χ1v) is 5.17. The van der Waals surface area contributed by atoms with Crippen LogP contribution in [-0.2, 0) is 0 Å². The van der Waals surface area contributed by atoms with Gasteiger partial charge in [0.25, 0.3) is 0 Å². The molecular weight excluding hydrogens is 258 g/mol. The summed E-state index contributed by atoms with van der Waals surface area (Å²) in [7, 11) is 0. The van der Waals surface area contributed by atoms with Crippen LogP contribution in [0.5, 0.6) is 11.8 Å². The number of rotatable bonds is 3. The van der Waals surface area contributed by atoms with E-state index >= 15 is 0 Å². The Hall–Kier alpha value is -2.57. The zero-order valence-corrected chi connectivity index (χ0v) is 9.72. The molecule has 5 nitrogen and oxygen atoms in total. The Morgan fingerprint density at radius 1 is 1.37 bits per heavy atom. The number of halogens is 2. The molecule has 0 saturated heterocycles. The average molecular weight is 266 g/mol. The maximum atomic E-state index is 13.3. The first-order valence-electron chi connectivity index (χ1n) is 5.17. The topological polar surface area (TPSA) is 72.3 Å². The van der Waals surface area contributed by atoms with Crippen molar-refractivity contribution in [3.63, 3.8) is 0 Å². The molecule has 0 amide bonds. The molecule has 98 valence electrons. The van der Waals surface area contributed by atoms with Crippen LogP contribution in [0.4, 0.5) is 8.78 Å². The minimum Gasteiger partial charge on any atom is -0.478 e. The van der Waals surface area contributed by atoms with E-state index in [4.69, 9.17) is 9.84 Å². The zero-order chi connectivity index (χ0) is 14.0. The number of nitrogens with zero attached hydrogens (tertiary/aromatic N) is 2. The Labute approximate surface area is 106 Å². The molecule has 0 aliphatic heterocycles. The van der Waals surface area contributed by atoms with Crippen LogP contribution in [0.2, 0.25) is 0 Å². The van der Waals surface area contributed by atoms with E-state index in [1.54, 1.807) is 0 Å². The maximum Gasteiger partial charge on any atom is 0.339 e. The summed E-state index contributed by atoms with van der Waals surface area (Å²) in [4.78, 5) is 18.1. The van der Waals surface area contributed by atoms with Crippen LogP contribution in [-0.4, -0.2) is 21.0 Å². The molecule has 2 aromatic rings. The number of ether oxygens (including phenoxy) is 1. The van der Waals surface area contributed by atoms with E-state index in [0.717, 1.165) is 24.4 Å². The molecule has 0 saturated carbocycles. The van der Waals surface area contributed by atoms with Crippen molar-refractivity contribution < 1.29 is 23.4 Å². The van der Waals surface area contributed by atoms with Crippen LogP contribution in [0.1, 0.15) is 16.1 Å². The van der Waals surface area contributed by atoms with Gasteiger partial charge in [0.2, 0.25) is 0 Å². The summed E-state index contributed by atoms with van der Waals surface area (Å²) in [6.45, 7) is 1.44. The number of aryl methyl sites for hydroxylation is 1. The summed E-state index contributed by atoms with van der Waals surface area (Å²) in [5.74, 6) is -3.00. The molecule has 1 aromatic carbocycles. The molecule has 0 aliphatic carbocycles. The second-order valence-corrected chi connectivity index (χ2v) is 3.63. The van der Waals surface area contributed by atoms with Gasteiger partial charge in [-0.05, 0) is 19.1 Å². The van der Waals surface area contributed by atoms with Gasteiger partial charge in [-0.2, -0.15) is 4.98 Å². The molecule has 2 rings (SSSR count). The lowest BCUT2D eigenvalue weighted by Crippen LogP contribution is -2.04. The molecule has 0 bridgehead atoms. The van der Waals surface area contributed by atoms with Gasteiger partial charge < -0.3 is 9.84 Å². The Kier molecular flexibility index (Phi) is 3.37. The lowest BCUT2D eigenvalue weighted by atomic mass is 10.2. The van der Waals surface area contributed by atoms with Gasteiger partial charge in [0.05, 0.1) is 11.3 Å². The van der Waals surface area contributed by atoms with Crippen molar-refractivity contribution in [2.24, 2.45) is 0 Å². The van der Waals surface area contributed by atoms with Crippen LogP contribution in [0.3, 0.4) is 0 Å². The number of hydrogen-bond donors (Lipinski definition) is 1. The Morgan fingerprint density at radius 3 is 2.74 bits per heavy atom. The van der Waals surface area contributed by atoms with Gasteiger partial charge in [0, 0.05) is 12.3 Å². The highest BCUT2D eigenvalue weighted by Gasteiger charge is 2.13. The van der Waals surface area contributed by atoms with Gasteiger partial charge >= 0.3 is 12.0 Å². The molecule has 1 heterocycles. The van der Waals surface area contributed by atoms with E-state index in [1.165, 1.54) is 6.92 Å². The normalized spacial score (nSPS) is 10.3. The fourth-order valence-corrected chi connectivity index (χ4v) is 1.36. The highest BCUT2D eigenvalue weighted by Crippen LogP contribution is 2.23. The number of carbonyl (C=O) groups is 1. The Balaban J connectivity index is 2.31. The van der Waals surface area contributed by atoms with Gasteiger partial charge in [0.1, 0.15) is 5.82 Å². The quantitative estimate of drug-likeness (QED) is 0.924. The number of aromatic nitrogens is 2.